The number of nitrogens with zero attached hydrogens (tertiary/aromatic N) is 3. The Hall–Kier alpha value is -1.82. The smallest absolute Gasteiger partial charge is 0.232 e. The number of aryl methyl sites for hydroxylation is 1. The van der Waals surface area contributed by atoms with Crippen LogP contribution in [0.4, 0.5) is 0 Å². The van der Waals surface area contributed by atoms with Crippen molar-refractivity contribution in [3.05, 3.63) is 41.3 Å². The number of ketones is 2. The highest BCUT2D eigenvalue weighted by Crippen LogP contribution is 2.47. The van der Waals surface area contributed by atoms with Gasteiger partial charge >= 0.3 is 0 Å². The molecule has 0 N–H and O–H groups in total. The summed E-state index contributed by atoms with van der Waals surface area (Å²) in [5, 5.41) is 4.41. The van der Waals surface area contributed by atoms with Crippen LogP contribution in [0.15, 0.2) is 24.4 Å². The van der Waals surface area contributed by atoms with Gasteiger partial charge in [-0.15, -0.1) is 0 Å². The van der Waals surface area contributed by atoms with Crippen LogP contribution in [-0.2, 0) is 4.79 Å². The number of hydrogen-bond donors (Lipinski definition) is 0. The third-order valence-electron chi connectivity index (χ3n) is 3.85. The van der Waals surface area contributed by atoms with Crippen LogP contribution in [0.5, 0.6) is 0 Å². The van der Waals surface area contributed by atoms with Crippen molar-refractivity contribution in [3.63, 3.8) is 0 Å². The van der Waals surface area contributed by atoms with E-state index in [1.807, 2.05) is 18.2 Å². The molecule has 0 saturated heterocycles. The normalized spacial score (nSPS) is 20.5. The molecule has 2 aromatic heterocycles. The van der Waals surface area contributed by atoms with Crippen LogP contribution in [0, 0.1) is 12.3 Å². The number of rotatable bonds is 1. The van der Waals surface area contributed by atoms with Crippen molar-refractivity contribution >= 4 is 27.5 Å². The van der Waals surface area contributed by atoms with E-state index in [9.17, 15) is 9.59 Å². The summed E-state index contributed by atoms with van der Waals surface area (Å²) < 4.78 is 1.65. The lowest BCUT2D eigenvalue weighted by Gasteiger charge is -2.32. The van der Waals surface area contributed by atoms with Gasteiger partial charge in [-0.3, -0.25) is 9.59 Å². The van der Waals surface area contributed by atoms with E-state index >= 15 is 0 Å². The first-order valence-corrected chi connectivity index (χ1v) is 7.51. The van der Waals surface area contributed by atoms with Crippen LogP contribution in [0.25, 0.3) is 5.82 Å². The van der Waals surface area contributed by atoms with Gasteiger partial charge in [0.25, 0.3) is 0 Å². The molecule has 0 aromatic carbocycles. The lowest BCUT2D eigenvalue weighted by atomic mass is 9.74. The number of carbonyl (C=O) groups excluding carboxylic acids is 2. The summed E-state index contributed by atoms with van der Waals surface area (Å²) in [6.45, 7) is 5.27. The average molecular weight is 348 g/mol. The number of alkyl halides is 1. The second kappa shape index (κ2) is 4.59. The van der Waals surface area contributed by atoms with E-state index in [1.54, 1.807) is 31.6 Å². The van der Waals surface area contributed by atoms with Crippen LogP contribution in [0.1, 0.15) is 40.4 Å². The second-order valence-corrected chi connectivity index (χ2v) is 6.60. The molecule has 6 heteroatoms. The predicted molar refractivity (Wildman–Crippen MR) is 80.9 cm³/mol. The van der Waals surface area contributed by atoms with Crippen molar-refractivity contribution in [1.29, 1.82) is 0 Å². The molecule has 0 aliphatic heterocycles. The molecular weight excluding hydrogens is 334 g/mol. The van der Waals surface area contributed by atoms with E-state index in [-0.39, 0.29) is 10.6 Å². The Morgan fingerprint density at radius 1 is 1.29 bits per heavy atom. The van der Waals surface area contributed by atoms with Gasteiger partial charge in [0.15, 0.2) is 5.82 Å². The van der Waals surface area contributed by atoms with Gasteiger partial charge < -0.3 is 0 Å². The number of fused-ring (bicyclic) bond motifs is 1. The number of Topliss-reactive ketones (excluding diaryl/α,β-unsaturated/α-hetero) is 2. The summed E-state index contributed by atoms with van der Waals surface area (Å²) in [6, 6.07) is 5.49. The molecule has 0 amide bonds. The highest BCUT2D eigenvalue weighted by atomic mass is 79.9. The van der Waals surface area contributed by atoms with E-state index in [4.69, 9.17) is 0 Å². The zero-order chi connectivity index (χ0) is 15.4. The summed E-state index contributed by atoms with van der Waals surface area (Å²) in [4.78, 5) is 28.7. The fraction of sp³-hybridized carbons (Fsp3) is 0.333. The van der Waals surface area contributed by atoms with Crippen molar-refractivity contribution in [1.82, 2.24) is 14.8 Å². The Balaban J connectivity index is 2.31. The molecule has 1 aliphatic rings. The standard InChI is InChI=1S/C15H14BrN3O2/c1-8-10-11(13(16)15(2,3)14(21)12(10)20)19(18-8)9-6-4-5-7-17-9/h4-7,13H,1-3H3/t13-/m0/s1. The topological polar surface area (TPSA) is 64.8 Å². The molecule has 0 bridgehead atoms. The summed E-state index contributed by atoms with van der Waals surface area (Å²) in [7, 11) is 0. The van der Waals surface area contributed by atoms with Gasteiger partial charge in [0.2, 0.25) is 11.6 Å². The molecule has 0 spiro atoms. The maximum Gasteiger partial charge on any atom is 0.232 e. The first kappa shape index (κ1) is 14.1. The number of hydrogen-bond acceptors (Lipinski definition) is 4. The molecule has 2 aromatic rings. The molecule has 2 heterocycles. The van der Waals surface area contributed by atoms with Crippen molar-refractivity contribution in [2.75, 3.05) is 0 Å². The van der Waals surface area contributed by atoms with Gasteiger partial charge in [0, 0.05) is 11.6 Å². The predicted octanol–water partition coefficient (Wildman–Crippen LogP) is 2.80. The van der Waals surface area contributed by atoms with Gasteiger partial charge in [-0.05, 0) is 19.1 Å². The molecule has 3 rings (SSSR count). The maximum absolute atomic E-state index is 12.4. The molecule has 21 heavy (non-hydrogen) atoms. The quantitative estimate of drug-likeness (QED) is 0.587. The van der Waals surface area contributed by atoms with Gasteiger partial charge in [0.05, 0.1) is 21.8 Å². The van der Waals surface area contributed by atoms with E-state index in [0.29, 0.717) is 22.8 Å². The Morgan fingerprint density at radius 3 is 2.62 bits per heavy atom. The minimum atomic E-state index is -0.816. The highest BCUT2D eigenvalue weighted by molar-refractivity contribution is 9.09. The molecule has 108 valence electrons. The minimum absolute atomic E-state index is 0.298. The molecular formula is C15H14BrN3O2. The van der Waals surface area contributed by atoms with Gasteiger partial charge in [0.1, 0.15) is 0 Å². The van der Waals surface area contributed by atoms with Crippen molar-refractivity contribution < 1.29 is 9.59 Å². The third-order valence-corrected chi connectivity index (χ3v) is 5.43. The van der Waals surface area contributed by atoms with Crippen LogP contribution < -0.4 is 0 Å². The number of halogens is 1. The number of carbonyl (C=O) groups is 2. The van der Waals surface area contributed by atoms with Crippen molar-refractivity contribution in [3.8, 4) is 5.82 Å². The molecule has 0 saturated carbocycles. The molecule has 1 aliphatic carbocycles. The Morgan fingerprint density at radius 2 is 2.00 bits per heavy atom. The lowest BCUT2D eigenvalue weighted by molar-refractivity contribution is -0.123. The summed E-state index contributed by atoms with van der Waals surface area (Å²) >= 11 is 3.58. The fourth-order valence-corrected chi connectivity index (χ4v) is 3.21. The van der Waals surface area contributed by atoms with Crippen LogP contribution >= 0.6 is 15.9 Å². The van der Waals surface area contributed by atoms with Crippen molar-refractivity contribution in [2.45, 2.75) is 25.6 Å². The van der Waals surface area contributed by atoms with Crippen LogP contribution in [0.3, 0.4) is 0 Å². The summed E-state index contributed by atoms with van der Waals surface area (Å²) in [5.74, 6) is -0.227. The molecule has 0 radical (unpaired) electrons. The first-order valence-electron chi connectivity index (χ1n) is 6.60. The zero-order valence-corrected chi connectivity index (χ0v) is 13.5. The van der Waals surface area contributed by atoms with E-state index in [1.165, 1.54) is 0 Å². The Bertz CT molecular complexity index is 750. The molecule has 5 nitrogen and oxygen atoms in total. The van der Waals surface area contributed by atoms with Gasteiger partial charge in [-0.25, -0.2) is 9.67 Å². The summed E-state index contributed by atoms with van der Waals surface area (Å²) in [6.07, 6.45) is 1.67. The van der Waals surface area contributed by atoms with E-state index in [0.717, 1.165) is 0 Å². The zero-order valence-electron chi connectivity index (χ0n) is 11.9. The Labute approximate surface area is 130 Å². The lowest BCUT2D eigenvalue weighted by Crippen LogP contribution is -2.40. The number of pyridine rings is 1. The molecule has 0 fully saturated rings. The monoisotopic (exact) mass is 347 g/mol. The largest absolute Gasteiger partial charge is 0.290 e. The van der Waals surface area contributed by atoms with E-state index < -0.39 is 11.2 Å². The van der Waals surface area contributed by atoms with E-state index in [2.05, 4.69) is 26.0 Å². The number of aromatic nitrogens is 3. The fourth-order valence-electron chi connectivity index (χ4n) is 2.58. The van der Waals surface area contributed by atoms with Crippen LogP contribution in [0.2, 0.25) is 0 Å². The summed E-state index contributed by atoms with van der Waals surface area (Å²) in [5.41, 5.74) is 0.824. The van der Waals surface area contributed by atoms with Crippen molar-refractivity contribution in [2.24, 2.45) is 5.41 Å². The molecule has 0 unspecified atom stereocenters. The first-order chi connectivity index (χ1) is 9.85. The Kier molecular flexibility index (Phi) is 3.09. The van der Waals surface area contributed by atoms with Gasteiger partial charge in [-0.1, -0.05) is 35.8 Å². The third kappa shape index (κ3) is 1.89. The maximum atomic E-state index is 12.4. The SMILES string of the molecule is Cc1nn(-c2ccccn2)c2c1C(=O)C(=O)C(C)(C)[C@H]2Br. The highest BCUT2D eigenvalue weighted by Gasteiger charge is 2.49. The van der Waals surface area contributed by atoms with Crippen LogP contribution in [-0.4, -0.2) is 26.3 Å². The van der Waals surface area contributed by atoms with Gasteiger partial charge in [-0.2, -0.15) is 5.10 Å². The molecule has 1 atom stereocenters. The minimum Gasteiger partial charge on any atom is -0.290 e. The average Bonchev–Trinajstić information content (AvgIpc) is 2.82. The second-order valence-electron chi connectivity index (χ2n) is 5.69.